The number of benzene rings is 2. The van der Waals surface area contributed by atoms with Crippen LogP contribution in [0.2, 0.25) is 0 Å². The van der Waals surface area contributed by atoms with Crippen molar-refractivity contribution in [3.8, 4) is 0 Å². The second-order valence-electron chi connectivity index (χ2n) is 3.15. The minimum Gasteiger partial charge on any atom is -0.657 e. The van der Waals surface area contributed by atoms with Gasteiger partial charge in [-0.1, -0.05) is 76.2 Å². The summed E-state index contributed by atoms with van der Waals surface area (Å²) in [5.41, 5.74) is 2.17. The van der Waals surface area contributed by atoms with Crippen LogP contribution in [0.3, 0.4) is 0 Å². The largest absolute Gasteiger partial charge is 0.657 e. The zero-order valence-corrected chi connectivity index (χ0v) is 14.5. The maximum Gasteiger partial charge on any atom is 0 e. The van der Waals surface area contributed by atoms with E-state index in [0.29, 0.717) is 0 Å². The van der Waals surface area contributed by atoms with Gasteiger partial charge in [0.1, 0.15) is 0 Å². The minimum atomic E-state index is 0. The number of hydrogen-bond donors (Lipinski definition) is 0. The molecule has 0 spiro atoms. The van der Waals surface area contributed by atoms with Gasteiger partial charge in [0.2, 0.25) is 0 Å². The van der Waals surface area contributed by atoms with Gasteiger partial charge < -0.3 is 4.98 Å². The molecule has 0 amide bonds. The molecule has 1 heterocycles. The third-order valence-electron chi connectivity index (χ3n) is 2.34. The second kappa shape index (κ2) is 9.30. The Labute approximate surface area is 135 Å². The summed E-state index contributed by atoms with van der Waals surface area (Å²) in [6.07, 6.45) is 0. The Kier molecular flexibility index (Phi) is 8.96. The predicted octanol–water partition coefficient (Wildman–Crippen LogP) is 5.00. The molecule has 1 nitrogen and oxygen atoms in total. The first-order chi connectivity index (χ1) is 8.45. The van der Waals surface area contributed by atoms with Crippen molar-refractivity contribution in [2.24, 2.45) is 0 Å². The topological polar surface area (TPSA) is 14.1 Å². The molecule has 0 aliphatic heterocycles. The number of nitrogens with zero attached hydrogens (tertiary/aromatic N) is 1. The average molecular weight is 315 g/mol. The summed E-state index contributed by atoms with van der Waals surface area (Å²) >= 11 is 0. The van der Waals surface area contributed by atoms with Crippen molar-refractivity contribution < 1.29 is 32.7 Å². The SMILES string of the molecule is CC.CC.[Y].c1ccc2c(c1)[n-]c1ccccc12. The van der Waals surface area contributed by atoms with Crippen molar-refractivity contribution in [3.05, 3.63) is 48.5 Å². The summed E-state index contributed by atoms with van der Waals surface area (Å²) in [5, 5.41) is 2.50. The first-order valence-electron chi connectivity index (χ1n) is 6.35. The first kappa shape index (κ1) is 17.3. The summed E-state index contributed by atoms with van der Waals surface area (Å²) in [7, 11) is 0. The molecular weight excluding hydrogens is 295 g/mol. The van der Waals surface area contributed by atoms with E-state index in [0.717, 1.165) is 11.0 Å². The normalized spacial score (nSPS) is 8.67. The molecule has 0 atom stereocenters. The van der Waals surface area contributed by atoms with Gasteiger partial charge >= 0.3 is 0 Å². The van der Waals surface area contributed by atoms with E-state index in [1.807, 2.05) is 39.8 Å². The first-order valence-corrected chi connectivity index (χ1v) is 6.35. The van der Waals surface area contributed by atoms with Crippen molar-refractivity contribution in [1.29, 1.82) is 0 Å². The van der Waals surface area contributed by atoms with Crippen molar-refractivity contribution >= 4 is 21.8 Å². The molecule has 93 valence electrons. The summed E-state index contributed by atoms with van der Waals surface area (Å²) in [6.45, 7) is 8.00. The Bertz CT molecular complexity index is 519. The zero-order valence-electron chi connectivity index (χ0n) is 11.6. The molecule has 0 bridgehead atoms. The molecule has 18 heavy (non-hydrogen) atoms. The van der Waals surface area contributed by atoms with E-state index in [4.69, 9.17) is 0 Å². The number of hydrogen-bond acceptors (Lipinski definition) is 0. The van der Waals surface area contributed by atoms with Crippen LogP contribution in [0.15, 0.2) is 48.5 Å². The molecule has 0 aliphatic carbocycles. The third-order valence-corrected chi connectivity index (χ3v) is 2.34. The Morgan fingerprint density at radius 1 is 0.611 bits per heavy atom. The monoisotopic (exact) mass is 315 g/mol. The smallest absolute Gasteiger partial charge is 0 e. The fourth-order valence-electron chi connectivity index (χ4n) is 1.73. The fourth-order valence-corrected chi connectivity index (χ4v) is 1.73. The molecule has 0 unspecified atom stereocenters. The molecule has 1 aromatic heterocycles. The standard InChI is InChI=1S/C12H8N.2C2H6.Y/c1-3-7-11-9(5-1)10-6-2-4-8-12(10)13-11;2*1-2;/h1-8H;2*1-2H3;/q-1;;;. The van der Waals surface area contributed by atoms with Crippen molar-refractivity contribution in [2.75, 3.05) is 0 Å². The minimum absolute atomic E-state index is 0. The predicted molar refractivity (Wildman–Crippen MR) is 77.5 cm³/mol. The number of para-hydroxylation sites is 2. The van der Waals surface area contributed by atoms with Crippen LogP contribution in [0.25, 0.3) is 21.8 Å². The summed E-state index contributed by atoms with van der Waals surface area (Å²) in [5.74, 6) is 0. The molecule has 0 aliphatic rings. The molecule has 1 radical (unpaired) electrons. The van der Waals surface area contributed by atoms with E-state index in [1.165, 1.54) is 10.8 Å². The third kappa shape index (κ3) is 3.67. The number of fused-ring (bicyclic) bond motifs is 3. The number of rotatable bonds is 0. The molecule has 0 saturated carbocycles. The Morgan fingerprint density at radius 3 is 1.33 bits per heavy atom. The molecule has 2 heteroatoms. The van der Waals surface area contributed by atoms with Gasteiger partial charge in [0.25, 0.3) is 0 Å². The van der Waals surface area contributed by atoms with Gasteiger partial charge in [0, 0.05) is 32.7 Å². The van der Waals surface area contributed by atoms with E-state index in [9.17, 15) is 0 Å². The molecule has 2 aromatic carbocycles. The van der Waals surface area contributed by atoms with Crippen LogP contribution in [0.5, 0.6) is 0 Å². The molecule has 3 aromatic rings. The van der Waals surface area contributed by atoms with Crippen molar-refractivity contribution in [3.63, 3.8) is 0 Å². The van der Waals surface area contributed by atoms with Gasteiger partial charge in [-0.25, -0.2) is 0 Å². The van der Waals surface area contributed by atoms with E-state index < -0.39 is 0 Å². The summed E-state index contributed by atoms with van der Waals surface area (Å²) in [4.78, 5) is 4.52. The van der Waals surface area contributed by atoms with Gasteiger partial charge in [-0.05, 0) is 10.8 Å². The molecule has 0 saturated heterocycles. The zero-order chi connectivity index (χ0) is 12.7. The van der Waals surface area contributed by atoms with Crippen LogP contribution in [0.4, 0.5) is 0 Å². The van der Waals surface area contributed by atoms with Gasteiger partial charge in [-0.3, -0.25) is 0 Å². The van der Waals surface area contributed by atoms with E-state index in [1.54, 1.807) is 0 Å². The molecular formula is C16H20NY-. The molecule has 0 fully saturated rings. The Hall–Kier alpha value is -0.656. The van der Waals surface area contributed by atoms with Gasteiger partial charge in [-0.15, -0.1) is 11.0 Å². The van der Waals surface area contributed by atoms with Crippen LogP contribution in [0, 0.1) is 0 Å². The Balaban J connectivity index is 0.000000531. The van der Waals surface area contributed by atoms with Gasteiger partial charge in [-0.2, -0.15) is 0 Å². The molecule has 0 N–H and O–H groups in total. The van der Waals surface area contributed by atoms with Gasteiger partial charge in [0.05, 0.1) is 0 Å². The van der Waals surface area contributed by atoms with Gasteiger partial charge in [0.15, 0.2) is 0 Å². The average Bonchev–Trinajstić information content (AvgIpc) is 2.82. The fraction of sp³-hybridized carbons (Fsp3) is 0.250. The van der Waals surface area contributed by atoms with E-state index in [-0.39, 0.29) is 32.7 Å². The molecule has 3 rings (SSSR count). The maximum atomic E-state index is 4.52. The van der Waals surface area contributed by atoms with Crippen molar-refractivity contribution in [1.82, 2.24) is 4.98 Å². The second-order valence-corrected chi connectivity index (χ2v) is 3.15. The summed E-state index contributed by atoms with van der Waals surface area (Å²) in [6, 6.07) is 16.5. The maximum absolute atomic E-state index is 4.52. The van der Waals surface area contributed by atoms with Crippen LogP contribution < -0.4 is 4.98 Å². The van der Waals surface area contributed by atoms with Crippen LogP contribution in [0.1, 0.15) is 27.7 Å². The summed E-state index contributed by atoms with van der Waals surface area (Å²) < 4.78 is 0. The quantitative estimate of drug-likeness (QED) is 0.569. The van der Waals surface area contributed by atoms with Crippen molar-refractivity contribution in [2.45, 2.75) is 27.7 Å². The van der Waals surface area contributed by atoms with Crippen LogP contribution >= 0.6 is 0 Å². The van der Waals surface area contributed by atoms with E-state index >= 15 is 0 Å². The Morgan fingerprint density at radius 2 is 0.944 bits per heavy atom. The van der Waals surface area contributed by atoms with E-state index in [2.05, 4.69) is 41.4 Å². The van der Waals surface area contributed by atoms with Crippen LogP contribution in [-0.2, 0) is 32.7 Å². The number of aromatic nitrogens is 1. The van der Waals surface area contributed by atoms with Crippen LogP contribution in [-0.4, -0.2) is 0 Å².